The molecule has 1 saturated carbocycles. The molecule has 1 aliphatic heterocycles. The van der Waals surface area contributed by atoms with Crippen LogP contribution in [0.3, 0.4) is 0 Å². The van der Waals surface area contributed by atoms with Crippen molar-refractivity contribution in [1.82, 2.24) is 10.2 Å². The van der Waals surface area contributed by atoms with Crippen LogP contribution >= 0.6 is 0 Å². The molecule has 6 heteroatoms. The normalized spacial score (nSPS) is 19.3. The Morgan fingerprint density at radius 3 is 2.52 bits per heavy atom. The molecule has 1 saturated heterocycles. The SMILES string of the molecule is Cc1ccc(NC(=O)C2(C(=O)NCCN3CCOCC3)CC2)c(C)c1. The van der Waals surface area contributed by atoms with Crippen LogP contribution in [-0.2, 0) is 14.3 Å². The number of carbonyl (C=O) groups excluding carboxylic acids is 2. The molecule has 2 N–H and O–H groups in total. The third-order valence-electron chi connectivity index (χ3n) is 5.07. The van der Waals surface area contributed by atoms with E-state index in [0.717, 1.165) is 49.7 Å². The summed E-state index contributed by atoms with van der Waals surface area (Å²) in [5.74, 6) is -0.341. The molecular weight excluding hydrogens is 318 g/mol. The number of morpholine rings is 1. The van der Waals surface area contributed by atoms with Gasteiger partial charge in [0.25, 0.3) is 0 Å². The van der Waals surface area contributed by atoms with Crippen molar-refractivity contribution in [2.45, 2.75) is 26.7 Å². The Labute approximate surface area is 148 Å². The standard InChI is InChI=1S/C19H27N3O3/c1-14-3-4-16(15(2)13-14)21-18(24)19(5-6-19)17(23)20-7-8-22-9-11-25-12-10-22/h3-4,13H,5-12H2,1-2H3,(H,20,23)(H,21,24). The van der Waals surface area contributed by atoms with Gasteiger partial charge in [0.2, 0.25) is 11.8 Å². The molecule has 0 radical (unpaired) electrons. The van der Waals surface area contributed by atoms with Crippen LogP contribution < -0.4 is 10.6 Å². The second-order valence-electron chi connectivity index (χ2n) is 7.06. The summed E-state index contributed by atoms with van der Waals surface area (Å²) in [7, 11) is 0. The second-order valence-corrected chi connectivity index (χ2v) is 7.06. The Morgan fingerprint density at radius 1 is 1.16 bits per heavy atom. The van der Waals surface area contributed by atoms with Gasteiger partial charge in [0.1, 0.15) is 5.41 Å². The number of carbonyl (C=O) groups is 2. The molecule has 2 fully saturated rings. The van der Waals surface area contributed by atoms with Crippen molar-refractivity contribution in [1.29, 1.82) is 0 Å². The summed E-state index contributed by atoms with van der Waals surface area (Å²) in [6, 6.07) is 5.89. The van der Waals surface area contributed by atoms with Gasteiger partial charge in [0.15, 0.2) is 0 Å². The molecule has 1 aromatic rings. The molecule has 0 atom stereocenters. The molecule has 0 spiro atoms. The van der Waals surface area contributed by atoms with Gasteiger partial charge in [-0.05, 0) is 38.3 Å². The van der Waals surface area contributed by atoms with Gasteiger partial charge < -0.3 is 15.4 Å². The summed E-state index contributed by atoms with van der Waals surface area (Å²) >= 11 is 0. The first-order valence-corrected chi connectivity index (χ1v) is 8.98. The van der Waals surface area contributed by atoms with E-state index < -0.39 is 5.41 Å². The monoisotopic (exact) mass is 345 g/mol. The summed E-state index contributed by atoms with van der Waals surface area (Å²) < 4.78 is 5.31. The Balaban J connectivity index is 1.51. The Hall–Kier alpha value is -1.92. The number of nitrogens with zero attached hydrogens (tertiary/aromatic N) is 1. The molecule has 1 aromatic carbocycles. The summed E-state index contributed by atoms with van der Waals surface area (Å²) in [5, 5.41) is 5.88. The Morgan fingerprint density at radius 2 is 1.88 bits per heavy atom. The zero-order valence-corrected chi connectivity index (χ0v) is 15.1. The van der Waals surface area contributed by atoms with Gasteiger partial charge in [-0.15, -0.1) is 0 Å². The van der Waals surface area contributed by atoms with E-state index in [9.17, 15) is 9.59 Å². The average Bonchev–Trinajstić information content (AvgIpc) is 3.40. The Kier molecular flexibility index (Phi) is 5.39. The highest BCUT2D eigenvalue weighted by Gasteiger charge is 2.56. The average molecular weight is 345 g/mol. The smallest absolute Gasteiger partial charge is 0.240 e. The number of amides is 2. The number of hydrogen-bond donors (Lipinski definition) is 2. The number of aryl methyl sites for hydroxylation is 2. The van der Waals surface area contributed by atoms with Gasteiger partial charge in [-0.25, -0.2) is 0 Å². The maximum atomic E-state index is 12.6. The zero-order valence-electron chi connectivity index (χ0n) is 15.1. The lowest BCUT2D eigenvalue weighted by Gasteiger charge is -2.26. The van der Waals surface area contributed by atoms with Crippen molar-refractivity contribution in [2.24, 2.45) is 5.41 Å². The summed E-state index contributed by atoms with van der Waals surface area (Å²) in [6.07, 6.45) is 1.24. The van der Waals surface area contributed by atoms with Crippen molar-refractivity contribution in [3.63, 3.8) is 0 Å². The van der Waals surface area contributed by atoms with Crippen molar-refractivity contribution < 1.29 is 14.3 Å². The number of benzene rings is 1. The van der Waals surface area contributed by atoms with Gasteiger partial charge in [0.05, 0.1) is 13.2 Å². The minimum absolute atomic E-state index is 0.150. The van der Waals surface area contributed by atoms with E-state index in [0.29, 0.717) is 19.4 Å². The molecule has 0 aromatic heterocycles. The molecule has 0 unspecified atom stereocenters. The fourth-order valence-electron chi connectivity index (χ4n) is 3.20. The van der Waals surface area contributed by atoms with E-state index in [1.165, 1.54) is 0 Å². The second kappa shape index (κ2) is 7.54. The summed E-state index contributed by atoms with van der Waals surface area (Å²) in [4.78, 5) is 27.4. The minimum atomic E-state index is -0.887. The van der Waals surface area contributed by atoms with Crippen LogP contribution in [0.25, 0.3) is 0 Å². The molecule has 2 aliphatic rings. The molecule has 0 bridgehead atoms. The van der Waals surface area contributed by atoms with Gasteiger partial charge in [-0.3, -0.25) is 14.5 Å². The predicted octanol–water partition coefficient (Wildman–Crippen LogP) is 1.47. The van der Waals surface area contributed by atoms with Crippen LogP contribution in [0.15, 0.2) is 18.2 Å². The lowest BCUT2D eigenvalue weighted by molar-refractivity contribution is -0.134. The third-order valence-corrected chi connectivity index (χ3v) is 5.07. The number of nitrogens with one attached hydrogen (secondary N) is 2. The van der Waals surface area contributed by atoms with Gasteiger partial charge >= 0.3 is 0 Å². The van der Waals surface area contributed by atoms with Crippen LogP contribution in [0.1, 0.15) is 24.0 Å². The van der Waals surface area contributed by atoms with Crippen molar-refractivity contribution in [3.05, 3.63) is 29.3 Å². The van der Waals surface area contributed by atoms with Gasteiger partial charge in [-0.2, -0.15) is 0 Å². The van der Waals surface area contributed by atoms with Crippen LogP contribution in [0.2, 0.25) is 0 Å². The predicted molar refractivity (Wildman–Crippen MR) is 96.5 cm³/mol. The van der Waals surface area contributed by atoms with E-state index in [1.807, 2.05) is 32.0 Å². The maximum absolute atomic E-state index is 12.6. The maximum Gasteiger partial charge on any atom is 0.240 e. The van der Waals surface area contributed by atoms with Crippen LogP contribution in [0.5, 0.6) is 0 Å². The molecule has 25 heavy (non-hydrogen) atoms. The molecule has 1 aliphatic carbocycles. The lowest BCUT2D eigenvalue weighted by Crippen LogP contribution is -2.45. The highest BCUT2D eigenvalue weighted by atomic mass is 16.5. The van der Waals surface area contributed by atoms with E-state index in [1.54, 1.807) is 0 Å². The lowest BCUT2D eigenvalue weighted by atomic mass is 10.0. The van der Waals surface area contributed by atoms with E-state index >= 15 is 0 Å². The van der Waals surface area contributed by atoms with Crippen molar-refractivity contribution in [2.75, 3.05) is 44.7 Å². The quantitative estimate of drug-likeness (QED) is 0.766. The molecule has 2 amide bonds. The van der Waals surface area contributed by atoms with Crippen LogP contribution in [0.4, 0.5) is 5.69 Å². The van der Waals surface area contributed by atoms with E-state index in [-0.39, 0.29) is 11.8 Å². The molecule has 136 valence electrons. The number of ether oxygens (including phenoxy) is 1. The highest BCUT2D eigenvalue weighted by molar-refractivity contribution is 6.13. The van der Waals surface area contributed by atoms with E-state index in [2.05, 4.69) is 15.5 Å². The summed E-state index contributed by atoms with van der Waals surface area (Å²) in [6.45, 7) is 8.63. The molecule has 1 heterocycles. The molecule has 6 nitrogen and oxygen atoms in total. The number of rotatable bonds is 6. The first kappa shape index (κ1) is 17.9. The van der Waals surface area contributed by atoms with Crippen LogP contribution in [-0.4, -0.2) is 56.1 Å². The minimum Gasteiger partial charge on any atom is -0.379 e. The number of anilines is 1. The topological polar surface area (TPSA) is 70.7 Å². The highest BCUT2D eigenvalue weighted by Crippen LogP contribution is 2.47. The zero-order chi connectivity index (χ0) is 17.9. The van der Waals surface area contributed by atoms with Crippen molar-refractivity contribution in [3.8, 4) is 0 Å². The van der Waals surface area contributed by atoms with E-state index in [4.69, 9.17) is 4.74 Å². The van der Waals surface area contributed by atoms with Crippen LogP contribution in [0, 0.1) is 19.3 Å². The fraction of sp³-hybridized carbons (Fsp3) is 0.579. The Bertz CT molecular complexity index is 649. The molecule has 3 rings (SSSR count). The number of hydrogen-bond acceptors (Lipinski definition) is 4. The van der Waals surface area contributed by atoms with Gasteiger partial charge in [-0.1, -0.05) is 17.7 Å². The first-order valence-electron chi connectivity index (χ1n) is 8.98. The fourth-order valence-corrected chi connectivity index (χ4v) is 3.20. The summed E-state index contributed by atoms with van der Waals surface area (Å²) in [5.41, 5.74) is 2.06. The first-order chi connectivity index (χ1) is 12.0. The van der Waals surface area contributed by atoms with Crippen molar-refractivity contribution >= 4 is 17.5 Å². The largest absolute Gasteiger partial charge is 0.379 e. The van der Waals surface area contributed by atoms with Gasteiger partial charge in [0, 0.05) is 31.9 Å². The molecular formula is C19H27N3O3. The third kappa shape index (κ3) is 4.19.